The lowest BCUT2D eigenvalue weighted by Crippen LogP contribution is -2.42. The van der Waals surface area contributed by atoms with E-state index in [-0.39, 0.29) is 6.04 Å². The van der Waals surface area contributed by atoms with Gasteiger partial charge >= 0.3 is 0 Å². The van der Waals surface area contributed by atoms with Gasteiger partial charge < -0.3 is 15.4 Å². The Balaban J connectivity index is 1.75. The molecule has 92 valence electrons. The van der Waals surface area contributed by atoms with Gasteiger partial charge in [-0.15, -0.1) is 0 Å². The molecule has 0 fully saturated rings. The van der Waals surface area contributed by atoms with E-state index in [0.717, 1.165) is 24.8 Å². The van der Waals surface area contributed by atoms with Crippen LogP contribution in [0.15, 0.2) is 29.3 Å². The first-order chi connectivity index (χ1) is 8.24. The Labute approximate surface area is 102 Å². The number of aliphatic imine (C=N–C) groups is 1. The summed E-state index contributed by atoms with van der Waals surface area (Å²) in [7, 11) is 0. The van der Waals surface area contributed by atoms with Gasteiger partial charge in [-0.2, -0.15) is 0 Å². The molecule has 4 heteroatoms. The lowest BCUT2D eigenvalue weighted by atomic mass is 10.2. The van der Waals surface area contributed by atoms with Crippen molar-refractivity contribution in [3.8, 4) is 5.75 Å². The van der Waals surface area contributed by atoms with E-state index in [4.69, 9.17) is 4.74 Å². The van der Waals surface area contributed by atoms with Crippen LogP contribution in [-0.4, -0.2) is 31.7 Å². The topological polar surface area (TPSA) is 45.6 Å². The molecule has 1 aliphatic heterocycles. The minimum atomic E-state index is 0.237. The van der Waals surface area contributed by atoms with E-state index < -0.39 is 0 Å². The number of nitrogens with zero attached hydrogens (tertiary/aromatic N) is 1. The van der Waals surface area contributed by atoms with E-state index in [1.165, 1.54) is 5.56 Å². The lowest BCUT2D eigenvalue weighted by molar-refractivity contribution is 0.286. The number of ether oxygens (including phenoxy) is 1. The van der Waals surface area contributed by atoms with Crippen molar-refractivity contribution in [2.24, 2.45) is 4.99 Å². The smallest absolute Gasteiger partial charge is 0.191 e. The summed E-state index contributed by atoms with van der Waals surface area (Å²) in [5.74, 6) is 1.79. The zero-order chi connectivity index (χ0) is 12.1. The SMILES string of the molecule is Cc1ccc(OCC(C)NC2=NCCN2)cc1. The van der Waals surface area contributed by atoms with Crippen LogP contribution in [0.4, 0.5) is 0 Å². The van der Waals surface area contributed by atoms with Crippen LogP contribution in [0.2, 0.25) is 0 Å². The molecule has 0 aliphatic carbocycles. The maximum atomic E-state index is 5.69. The summed E-state index contributed by atoms with van der Waals surface area (Å²) >= 11 is 0. The molecule has 1 aromatic rings. The van der Waals surface area contributed by atoms with Crippen molar-refractivity contribution in [3.05, 3.63) is 29.8 Å². The second-order valence-corrected chi connectivity index (χ2v) is 4.33. The molecule has 0 saturated carbocycles. The Bertz CT molecular complexity index is 386. The van der Waals surface area contributed by atoms with Crippen molar-refractivity contribution in [1.82, 2.24) is 10.6 Å². The quantitative estimate of drug-likeness (QED) is 0.824. The standard InChI is InChI=1S/C13H19N3O/c1-10-3-5-12(6-4-10)17-9-11(2)16-13-14-7-8-15-13/h3-6,11H,7-9H2,1-2H3,(H2,14,15,16). The fourth-order valence-corrected chi connectivity index (χ4v) is 1.63. The normalized spacial score (nSPS) is 16.0. The Kier molecular flexibility index (Phi) is 3.85. The lowest BCUT2D eigenvalue weighted by Gasteiger charge is -2.16. The van der Waals surface area contributed by atoms with Gasteiger partial charge in [0.25, 0.3) is 0 Å². The van der Waals surface area contributed by atoms with Crippen molar-refractivity contribution in [2.45, 2.75) is 19.9 Å². The Morgan fingerprint density at radius 1 is 1.41 bits per heavy atom. The van der Waals surface area contributed by atoms with E-state index in [1.54, 1.807) is 0 Å². The molecule has 0 aromatic heterocycles. The largest absolute Gasteiger partial charge is 0.491 e. The van der Waals surface area contributed by atoms with Crippen molar-refractivity contribution in [1.29, 1.82) is 0 Å². The first-order valence-electron chi connectivity index (χ1n) is 5.98. The number of guanidine groups is 1. The summed E-state index contributed by atoms with van der Waals surface area (Å²) in [6, 6.07) is 8.33. The van der Waals surface area contributed by atoms with Crippen LogP contribution in [0.5, 0.6) is 5.75 Å². The number of hydrogen-bond acceptors (Lipinski definition) is 4. The van der Waals surface area contributed by atoms with E-state index in [9.17, 15) is 0 Å². The molecule has 1 unspecified atom stereocenters. The third-order valence-electron chi connectivity index (χ3n) is 2.58. The molecule has 0 bridgehead atoms. The van der Waals surface area contributed by atoms with Crippen LogP contribution in [0.25, 0.3) is 0 Å². The minimum Gasteiger partial charge on any atom is -0.491 e. The van der Waals surface area contributed by atoms with Crippen LogP contribution in [0.3, 0.4) is 0 Å². The van der Waals surface area contributed by atoms with Gasteiger partial charge in [0.1, 0.15) is 12.4 Å². The molecular formula is C13H19N3O. The average molecular weight is 233 g/mol. The number of nitrogens with one attached hydrogen (secondary N) is 2. The van der Waals surface area contributed by atoms with Crippen LogP contribution in [0.1, 0.15) is 12.5 Å². The molecule has 0 saturated heterocycles. The van der Waals surface area contributed by atoms with E-state index in [0.29, 0.717) is 6.61 Å². The van der Waals surface area contributed by atoms with Crippen LogP contribution < -0.4 is 15.4 Å². The van der Waals surface area contributed by atoms with Crippen molar-refractivity contribution in [3.63, 3.8) is 0 Å². The first-order valence-corrected chi connectivity index (χ1v) is 5.98. The molecule has 4 nitrogen and oxygen atoms in total. The third-order valence-corrected chi connectivity index (χ3v) is 2.58. The molecule has 17 heavy (non-hydrogen) atoms. The van der Waals surface area contributed by atoms with Gasteiger partial charge in [0.05, 0.1) is 12.6 Å². The van der Waals surface area contributed by atoms with Gasteiger partial charge in [-0.05, 0) is 26.0 Å². The van der Waals surface area contributed by atoms with E-state index >= 15 is 0 Å². The predicted octanol–water partition coefficient (Wildman–Crippen LogP) is 1.31. The number of rotatable bonds is 4. The summed E-state index contributed by atoms with van der Waals surface area (Å²) in [5, 5.41) is 6.45. The fraction of sp³-hybridized carbons (Fsp3) is 0.462. The second kappa shape index (κ2) is 5.57. The molecule has 0 spiro atoms. The highest BCUT2D eigenvalue weighted by Gasteiger charge is 2.09. The highest BCUT2D eigenvalue weighted by molar-refractivity contribution is 5.81. The van der Waals surface area contributed by atoms with Gasteiger partial charge in [-0.25, -0.2) is 0 Å². The van der Waals surface area contributed by atoms with Gasteiger partial charge in [-0.3, -0.25) is 4.99 Å². The van der Waals surface area contributed by atoms with E-state index in [2.05, 4.69) is 41.6 Å². The van der Waals surface area contributed by atoms with Crippen molar-refractivity contribution >= 4 is 5.96 Å². The Morgan fingerprint density at radius 2 is 2.18 bits per heavy atom. The highest BCUT2D eigenvalue weighted by atomic mass is 16.5. The van der Waals surface area contributed by atoms with Crippen LogP contribution in [0, 0.1) is 6.92 Å². The maximum Gasteiger partial charge on any atom is 0.191 e. The first kappa shape index (κ1) is 11.8. The fourth-order valence-electron chi connectivity index (χ4n) is 1.63. The summed E-state index contributed by atoms with van der Waals surface area (Å²) in [4.78, 5) is 4.28. The number of hydrogen-bond donors (Lipinski definition) is 2. The zero-order valence-corrected chi connectivity index (χ0v) is 10.4. The second-order valence-electron chi connectivity index (χ2n) is 4.33. The molecule has 1 aliphatic rings. The third kappa shape index (κ3) is 3.66. The molecule has 1 heterocycles. The van der Waals surface area contributed by atoms with Crippen molar-refractivity contribution in [2.75, 3.05) is 19.7 Å². The molecule has 1 atom stereocenters. The average Bonchev–Trinajstić information content (AvgIpc) is 2.81. The van der Waals surface area contributed by atoms with Gasteiger partial charge in [0.2, 0.25) is 0 Å². The van der Waals surface area contributed by atoms with Gasteiger partial charge in [0.15, 0.2) is 5.96 Å². The molecule has 0 amide bonds. The molecule has 2 N–H and O–H groups in total. The molecule has 1 aromatic carbocycles. The van der Waals surface area contributed by atoms with Gasteiger partial charge in [-0.1, -0.05) is 17.7 Å². The number of aryl methyl sites for hydroxylation is 1. The van der Waals surface area contributed by atoms with Crippen LogP contribution >= 0.6 is 0 Å². The molecule has 0 radical (unpaired) electrons. The summed E-state index contributed by atoms with van der Waals surface area (Å²) in [6.45, 7) is 6.56. The summed E-state index contributed by atoms with van der Waals surface area (Å²) < 4.78 is 5.69. The van der Waals surface area contributed by atoms with Crippen molar-refractivity contribution < 1.29 is 4.74 Å². The maximum absolute atomic E-state index is 5.69. The van der Waals surface area contributed by atoms with E-state index in [1.807, 2.05) is 12.1 Å². The Hall–Kier alpha value is -1.71. The number of benzene rings is 1. The summed E-state index contributed by atoms with van der Waals surface area (Å²) in [6.07, 6.45) is 0. The van der Waals surface area contributed by atoms with Crippen LogP contribution in [-0.2, 0) is 0 Å². The molecular weight excluding hydrogens is 214 g/mol. The highest BCUT2D eigenvalue weighted by Crippen LogP contribution is 2.11. The van der Waals surface area contributed by atoms with Gasteiger partial charge in [0, 0.05) is 6.54 Å². The Morgan fingerprint density at radius 3 is 2.82 bits per heavy atom. The minimum absolute atomic E-state index is 0.237. The summed E-state index contributed by atoms with van der Waals surface area (Å²) in [5.41, 5.74) is 1.24. The zero-order valence-electron chi connectivity index (χ0n) is 10.4. The molecule has 2 rings (SSSR count). The monoisotopic (exact) mass is 233 g/mol. The predicted molar refractivity (Wildman–Crippen MR) is 69.6 cm³/mol.